The number of aliphatic carboxylic acids is 2. The number of likely N-dealkylation sites (tertiary alicyclic amines) is 1. The second-order valence-electron chi connectivity index (χ2n) is 20.8. The van der Waals surface area contributed by atoms with Crippen LogP contribution in [-0.2, 0) is 73.6 Å². The third-order valence-corrected chi connectivity index (χ3v) is 15.6. The highest BCUT2D eigenvalue weighted by Gasteiger charge is 2.41. The van der Waals surface area contributed by atoms with E-state index >= 15 is 0 Å². The molecule has 8 amide bonds. The van der Waals surface area contributed by atoms with Crippen LogP contribution in [-0.4, -0.2) is 167 Å². The van der Waals surface area contributed by atoms with E-state index in [1.807, 2.05) is 42.5 Å². The van der Waals surface area contributed by atoms with Crippen LogP contribution < -0.4 is 43.0 Å². The van der Waals surface area contributed by atoms with Crippen LogP contribution in [0.15, 0.2) is 116 Å². The van der Waals surface area contributed by atoms with Crippen molar-refractivity contribution in [3.63, 3.8) is 0 Å². The smallest absolute Gasteiger partial charge is 0.327 e. The lowest BCUT2D eigenvalue weighted by molar-refractivity contribution is -0.144. The van der Waals surface area contributed by atoms with E-state index in [1.165, 1.54) is 29.2 Å². The summed E-state index contributed by atoms with van der Waals surface area (Å²) in [4.78, 5) is 148. The number of phenolic OH excluding ortho intramolecular Hbond substituents is 1. The van der Waals surface area contributed by atoms with Gasteiger partial charge in [-0.25, -0.2) is 4.79 Å². The van der Waals surface area contributed by atoms with E-state index < -0.39 is 120 Å². The van der Waals surface area contributed by atoms with Gasteiger partial charge < -0.3 is 78.1 Å². The number of aromatic nitrogens is 3. The van der Waals surface area contributed by atoms with Crippen LogP contribution in [0.4, 0.5) is 0 Å². The van der Waals surface area contributed by atoms with Gasteiger partial charge in [-0.15, -0.1) is 0 Å². The minimum atomic E-state index is -1.80. The average molecular weight is 1220 g/mol. The van der Waals surface area contributed by atoms with E-state index in [9.17, 15) is 63.3 Å². The number of hydrogen-bond acceptors (Lipinski definition) is 14. The molecule has 86 heavy (non-hydrogen) atoms. The quantitative estimate of drug-likeness (QED) is 0.0303. The molecule has 7 aromatic rings. The zero-order chi connectivity index (χ0) is 61.6. The minimum Gasteiger partial charge on any atom is -0.508 e. The summed E-state index contributed by atoms with van der Waals surface area (Å²) in [5.74, 6) is -10.2. The summed E-state index contributed by atoms with van der Waals surface area (Å²) in [5.41, 5.74) is 10.6. The lowest BCUT2D eigenvalue weighted by atomic mass is 10.0. The van der Waals surface area contributed by atoms with Crippen LogP contribution in [0.3, 0.4) is 0 Å². The number of carbonyl (C=O) groups excluding carboxylic acids is 8. The molecule has 3 aromatic heterocycles. The molecule has 27 heteroatoms. The molecule has 1 fully saturated rings. The maximum Gasteiger partial charge on any atom is 0.327 e. The Kier molecular flexibility index (Phi) is 21.1. The van der Waals surface area contributed by atoms with E-state index in [1.54, 1.807) is 48.9 Å². The summed E-state index contributed by atoms with van der Waals surface area (Å²) >= 11 is 8.19. The highest BCUT2D eigenvalue weighted by atomic mass is 32.1. The Hall–Kier alpha value is -9.34. The molecule has 0 bridgehead atoms. The minimum absolute atomic E-state index is 0.0160. The second-order valence-corrected chi connectivity index (χ2v) is 21.5. The molecule has 4 heterocycles. The number of rotatable bonds is 28. The van der Waals surface area contributed by atoms with Crippen molar-refractivity contribution in [2.75, 3.05) is 24.6 Å². The molecule has 25 nitrogen and oxygen atoms in total. The molecule has 8 atom stereocenters. The maximum absolute atomic E-state index is 15.0. The van der Waals surface area contributed by atoms with Crippen molar-refractivity contribution in [1.82, 2.24) is 57.1 Å². The summed E-state index contributed by atoms with van der Waals surface area (Å²) in [6.45, 7) is -0.832. The standard InChI is InChI=1S/C59H66N12O13S2/c60-39(29-85)52(76)66-45(22-33-26-62-41-12-5-2-9-37(33)41)56(80)69-47(23-34-27-63-42-13-6-3-10-38(34)42)58(82)71-19-7-14-49(71)57(81)68-46(24-51(74)75)53(77)64-28-50(73)65-44(21-32-25-61-40-11-4-1-8-36(32)40)55(79)67-43(20-31-15-17-35(72)18-16-31)54(78)70-48(30-86)59(83)84/h1-6,8-13,15-18,25-27,39,43-49,61-63,72,85-86H,7,14,19-24,28-30,60H2,(H,64,77)(H,65,73)(H,66,76)(H,67,79)(H,68,81)(H,69,80)(H,70,78)(H,74,75)(H,83,84)/t39-,43-,44-,45-,46-,47-,48-,49-/m0/s1. The molecular formula is C59H66N12O13S2. The van der Waals surface area contributed by atoms with Gasteiger partial charge in [0.05, 0.1) is 19.0 Å². The SMILES string of the molecule is N[C@@H](CS)C(=O)N[C@@H](Cc1c[nH]c2ccccc12)C(=O)N[C@@H](Cc1c[nH]c2ccccc12)C(=O)N1CCC[C@H]1C(=O)N[C@@H](CC(=O)O)C(=O)NCC(=O)N[C@@H](Cc1c[nH]c2ccccc12)C(=O)N[C@@H](Cc1ccc(O)cc1)C(=O)N[C@@H](CS)C(=O)O. The molecule has 8 rings (SSSR count). The highest BCUT2D eigenvalue weighted by Crippen LogP contribution is 2.25. The van der Waals surface area contributed by atoms with Crippen LogP contribution in [0.5, 0.6) is 5.75 Å². The number of nitrogens with two attached hydrogens (primary N) is 1. The Balaban J connectivity index is 0.981. The number of carboxylic acids is 2. The van der Waals surface area contributed by atoms with Crippen LogP contribution in [0, 0.1) is 0 Å². The maximum atomic E-state index is 15.0. The number of fused-ring (bicyclic) bond motifs is 3. The zero-order valence-corrected chi connectivity index (χ0v) is 48.0. The van der Waals surface area contributed by atoms with E-state index in [-0.39, 0.29) is 55.9 Å². The number of carbonyl (C=O) groups is 10. The van der Waals surface area contributed by atoms with Crippen LogP contribution in [0.2, 0.25) is 0 Å². The van der Waals surface area contributed by atoms with E-state index in [4.69, 9.17) is 5.73 Å². The van der Waals surface area contributed by atoms with Crippen molar-refractivity contribution in [2.45, 2.75) is 93.3 Å². The number of carboxylic acid groups (broad SMARTS) is 2. The highest BCUT2D eigenvalue weighted by molar-refractivity contribution is 7.80. The molecule has 0 radical (unpaired) electrons. The molecule has 1 aliphatic heterocycles. The van der Waals surface area contributed by atoms with Gasteiger partial charge in [0.2, 0.25) is 47.3 Å². The van der Waals surface area contributed by atoms with Crippen molar-refractivity contribution in [2.24, 2.45) is 5.73 Å². The molecule has 0 aliphatic carbocycles. The molecule has 1 saturated heterocycles. The monoisotopic (exact) mass is 1210 g/mol. The molecule has 0 spiro atoms. The third-order valence-electron chi connectivity index (χ3n) is 14.8. The number of hydrogen-bond donors (Lipinski definition) is 16. The first-order chi connectivity index (χ1) is 41.3. The zero-order valence-electron chi connectivity index (χ0n) is 46.2. The molecule has 4 aromatic carbocycles. The van der Waals surface area contributed by atoms with Crippen molar-refractivity contribution in [1.29, 1.82) is 0 Å². The number of amides is 8. The Morgan fingerprint density at radius 2 is 1.01 bits per heavy atom. The van der Waals surface area contributed by atoms with Crippen LogP contribution in [0.25, 0.3) is 32.7 Å². The number of aromatic amines is 3. The van der Waals surface area contributed by atoms with Gasteiger partial charge in [0.15, 0.2) is 0 Å². The Morgan fingerprint density at radius 1 is 0.547 bits per heavy atom. The number of H-pyrrole nitrogens is 3. The first kappa shape index (κ1) is 62.7. The number of aromatic hydroxyl groups is 1. The van der Waals surface area contributed by atoms with Gasteiger partial charge in [0.1, 0.15) is 48.0 Å². The number of benzene rings is 4. The van der Waals surface area contributed by atoms with Gasteiger partial charge in [-0.2, -0.15) is 25.3 Å². The fourth-order valence-corrected chi connectivity index (χ4v) is 10.7. The molecule has 0 saturated carbocycles. The van der Waals surface area contributed by atoms with Gasteiger partial charge in [-0.1, -0.05) is 66.7 Å². The number of nitrogens with zero attached hydrogens (tertiary/aromatic N) is 1. The lowest BCUT2D eigenvalue weighted by Crippen LogP contribution is -2.60. The Labute approximate surface area is 502 Å². The molecule has 0 unspecified atom stereocenters. The van der Waals surface area contributed by atoms with Crippen molar-refractivity contribution in [3.8, 4) is 5.75 Å². The van der Waals surface area contributed by atoms with Gasteiger partial charge in [0.25, 0.3) is 0 Å². The van der Waals surface area contributed by atoms with E-state index in [0.29, 0.717) is 39.6 Å². The summed E-state index contributed by atoms with van der Waals surface area (Å²) in [7, 11) is 0. The van der Waals surface area contributed by atoms with Crippen molar-refractivity contribution >= 4 is 117 Å². The summed E-state index contributed by atoms with van der Waals surface area (Å²) in [6.07, 6.45) is 3.97. The normalized spacial score (nSPS) is 15.5. The topological polar surface area (TPSA) is 392 Å². The van der Waals surface area contributed by atoms with Gasteiger partial charge >= 0.3 is 11.9 Å². The number of para-hydroxylation sites is 3. The molecular weight excluding hydrogens is 1150 g/mol. The van der Waals surface area contributed by atoms with E-state index in [2.05, 4.69) is 77.4 Å². The Morgan fingerprint density at radius 3 is 1.51 bits per heavy atom. The van der Waals surface area contributed by atoms with Crippen molar-refractivity contribution < 1.29 is 63.3 Å². The van der Waals surface area contributed by atoms with Gasteiger partial charge in [0, 0.05) is 95.0 Å². The first-order valence-corrected chi connectivity index (χ1v) is 28.8. The summed E-state index contributed by atoms with van der Waals surface area (Å²) in [5, 5.41) is 49.6. The number of nitrogens with one attached hydrogen (secondary N) is 10. The summed E-state index contributed by atoms with van der Waals surface area (Å²) in [6, 6.07) is 16.4. The van der Waals surface area contributed by atoms with Crippen molar-refractivity contribution in [3.05, 3.63) is 138 Å². The molecule has 15 N–H and O–H groups in total. The Bertz CT molecular complexity index is 3640. The third kappa shape index (κ3) is 15.9. The van der Waals surface area contributed by atoms with Gasteiger partial charge in [-0.05, 0) is 65.4 Å². The summed E-state index contributed by atoms with van der Waals surface area (Å²) < 4.78 is 0. The number of thiol groups is 2. The first-order valence-electron chi connectivity index (χ1n) is 27.5. The average Bonchev–Trinajstić information content (AvgIpc) is 2.73. The van der Waals surface area contributed by atoms with E-state index in [0.717, 1.165) is 21.8 Å². The predicted octanol–water partition coefficient (Wildman–Crippen LogP) is 0.869. The predicted molar refractivity (Wildman–Crippen MR) is 323 cm³/mol. The lowest BCUT2D eigenvalue weighted by Gasteiger charge is -2.30. The molecule has 452 valence electrons. The second kappa shape index (κ2) is 29.0. The van der Waals surface area contributed by atoms with Gasteiger partial charge in [-0.3, -0.25) is 43.2 Å². The fourth-order valence-electron chi connectivity index (χ4n) is 10.3. The van der Waals surface area contributed by atoms with Crippen LogP contribution in [0.1, 0.15) is 41.5 Å². The number of phenols is 1. The largest absolute Gasteiger partial charge is 0.508 e. The van der Waals surface area contributed by atoms with Crippen LogP contribution >= 0.6 is 25.3 Å². The molecule has 1 aliphatic rings. The fraction of sp³-hybridized carbons (Fsp3) is 0.322.